The van der Waals surface area contributed by atoms with Crippen molar-refractivity contribution in [2.75, 3.05) is 26.1 Å². The standard InChI is InChI=1S/C29H26N2O5/c1-34-25-17-21-14-15-31(27(19-7-4-3-5-8-19)23(21)18-26(25)35-2)29(33)20-10-12-22(13-11-20)30-28(32)24-9-6-16-36-24/h3-13,16-18,27H,14-15H2,1-2H3,(H,30,32). The van der Waals surface area contributed by atoms with Crippen LogP contribution in [0.25, 0.3) is 0 Å². The molecule has 1 aliphatic rings. The van der Waals surface area contributed by atoms with Gasteiger partial charge in [-0.05, 0) is 71.6 Å². The van der Waals surface area contributed by atoms with Crippen molar-refractivity contribution in [3.63, 3.8) is 0 Å². The average molecular weight is 483 g/mol. The lowest BCUT2D eigenvalue weighted by molar-refractivity contribution is 0.0694. The van der Waals surface area contributed by atoms with Gasteiger partial charge in [0.1, 0.15) is 0 Å². The molecule has 7 heteroatoms. The molecule has 0 saturated carbocycles. The Bertz CT molecular complexity index is 1370. The highest BCUT2D eigenvalue weighted by molar-refractivity contribution is 6.02. The summed E-state index contributed by atoms with van der Waals surface area (Å²) in [5, 5.41) is 2.78. The number of ether oxygens (including phenoxy) is 2. The van der Waals surface area contributed by atoms with Crippen LogP contribution in [-0.4, -0.2) is 37.5 Å². The van der Waals surface area contributed by atoms with Crippen LogP contribution in [0.3, 0.4) is 0 Å². The van der Waals surface area contributed by atoms with Gasteiger partial charge in [0, 0.05) is 17.8 Å². The lowest BCUT2D eigenvalue weighted by Gasteiger charge is -2.38. The highest BCUT2D eigenvalue weighted by atomic mass is 16.5. The molecule has 1 aliphatic heterocycles. The van der Waals surface area contributed by atoms with Gasteiger partial charge >= 0.3 is 0 Å². The van der Waals surface area contributed by atoms with E-state index in [-0.39, 0.29) is 23.6 Å². The third kappa shape index (κ3) is 4.43. The minimum atomic E-state index is -0.347. The largest absolute Gasteiger partial charge is 0.493 e. The molecule has 0 bridgehead atoms. The molecule has 2 amide bonds. The molecule has 7 nitrogen and oxygen atoms in total. The Hall–Kier alpha value is -4.52. The molecule has 182 valence electrons. The SMILES string of the molecule is COc1cc2c(cc1OC)C(c1ccccc1)N(C(=O)c1ccc(NC(=O)c3ccco3)cc1)CC2. The maximum Gasteiger partial charge on any atom is 0.291 e. The first-order chi connectivity index (χ1) is 17.6. The summed E-state index contributed by atoms with van der Waals surface area (Å²) in [4.78, 5) is 27.9. The van der Waals surface area contributed by atoms with Gasteiger partial charge in [0.2, 0.25) is 0 Å². The second-order valence-electron chi connectivity index (χ2n) is 8.48. The van der Waals surface area contributed by atoms with E-state index in [0.29, 0.717) is 35.7 Å². The van der Waals surface area contributed by atoms with E-state index in [4.69, 9.17) is 13.9 Å². The van der Waals surface area contributed by atoms with E-state index in [1.165, 1.54) is 6.26 Å². The summed E-state index contributed by atoms with van der Waals surface area (Å²) < 4.78 is 16.2. The van der Waals surface area contributed by atoms with Crippen molar-refractivity contribution >= 4 is 17.5 Å². The number of benzene rings is 3. The molecule has 1 aromatic heterocycles. The summed E-state index contributed by atoms with van der Waals surface area (Å²) in [5.74, 6) is 1.09. The molecule has 5 rings (SSSR count). The van der Waals surface area contributed by atoms with Crippen LogP contribution in [0.4, 0.5) is 5.69 Å². The molecule has 0 saturated heterocycles. The van der Waals surface area contributed by atoms with Gasteiger partial charge in [-0.3, -0.25) is 9.59 Å². The zero-order valence-electron chi connectivity index (χ0n) is 20.1. The molecule has 0 aliphatic carbocycles. The minimum Gasteiger partial charge on any atom is -0.493 e. The number of hydrogen-bond acceptors (Lipinski definition) is 5. The van der Waals surface area contributed by atoms with Crippen molar-refractivity contribution < 1.29 is 23.5 Å². The number of furan rings is 1. The molecular formula is C29H26N2O5. The molecular weight excluding hydrogens is 456 g/mol. The van der Waals surface area contributed by atoms with Gasteiger partial charge in [-0.2, -0.15) is 0 Å². The molecule has 3 aromatic carbocycles. The van der Waals surface area contributed by atoms with E-state index in [0.717, 1.165) is 16.7 Å². The molecule has 1 N–H and O–H groups in total. The number of nitrogens with one attached hydrogen (secondary N) is 1. The van der Waals surface area contributed by atoms with Crippen LogP contribution < -0.4 is 14.8 Å². The fourth-order valence-corrected chi connectivity index (χ4v) is 4.62. The molecule has 0 radical (unpaired) electrons. The fourth-order valence-electron chi connectivity index (χ4n) is 4.62. The Morgan fingerprint density at radius 1 is 0.917 bits per heavy atom. The van der Waals surface area contributed by atoms with E-state index >= 15 is 0 Å². The second-order valence-corrected chi connectivity index (χ2v) is 8.48. The number of methoxy groups -OCH3 is 2. The summed E-state index contributed by atoms with van der Waals surface area (Å²) >= 11 is 0. The summed E-state index contributed by atoms with van der Waals surface area (Å²) in [6.07, 6.45) is 2.14. The average Bonchev–Trinajstić information content (AvgIpc) is 3.47. The second kappa shape index (κ2) is 10.00. The van der Waals surface area contributed by atoms with Crippen LogP contribution in [0, 0.1) is 0 Å². The third-order valence-corrected chi connectivity index (χ3v) is 6.38. The summed E-state index contributed by atoms with van der Waals surface area (Å²) in [5.41, 5.74) is 4.27. The lowest BCUT2D eigenvalue weighted by Crippen LogP contribution is -2.40. The quantitative estimate of drug-likeness (QED) is 0.401. The van der Waals surface area contributed by atoms with Crippen molar-refractivity contribution in [3.05, 3.63) is 113 Å². The first-order valence-corrected chi connectivity index (χ1v) is 11.6. The Labute approximate surface area is 209 Å². The molecule has 0 fully saturated rings. The third-order valence-electron chi connectivity index (χ3n) is 6.38. The van der Waals surface area contributed by atoms with E-state index < -0.39 is 0 Å². The molecule has 0 spiro atoms. The van der Waals surface area contributed by atoms with Gasteiger partial charge in [-0.1, -0.05) is 30.3 Å². The number of carbonyl (C=O) groups is 2. The van der Waals surface area contributed by atoms with Crippen LogP contribution in [0.5, 0.6) is 11.5 Å². The monoisotopic (exact) mass is 482 g/mol. The van der Waals surface area contributed by atoms with Crippen LogP contribution in [-0.2, 0) is 6.42 Å². The topological polar surface area (TPSA) is 81.0 Å². The smallest absolute Gasteiger partial charge is 0.291 e. The van der Waals surface area contributed by atoms with Crippen molar-refractivity contribution in [2.24, 2.45) is 0 Å². The van der Waals surface area contributed by atoms with Crippen LogP contribution in [0.1, 0.15) is 43.6 Å². The zero-order valence-corrected chi connectivity index (χ0v) is 20.1. The van der Waals surface area contributed by atoms with Crippen molar-refractivity contribution in [2.45, 2.75) is 12.5 Å². The lowest BCUT2D eigenvalue weighted by atomic mass is 9.87. The summed E-state index contributed by atoms with van der Waals surface area (Å²) in [6.45, 7) is 0.553. The highest BCUT2D eigenvalue weighted by Crippen LogP contribution is 2.41. The van der Waals surface area contributed by atoms with Gasteiger partial charge < -0.3 is 24.1 Å². The van der Waals surface area contributed by atoms with Crippen molar-refractivity contribution in [3.8, 4) is 11.5 Å². The number of amides is 2. The molecule has 36 heavy (non-hydrogen) atoms. The first-order valence-electron chi connectivity index (χ1n) is 11.6. The van der Waals surface area contributed by atoms with Gasteiger partial charge in [-0.15, -0.1) is 0 Å². The van der Waals surface area contributed by atoms with Crippen LogP contribution >= 0.6 is 0 Å². The number of anilines is 1. The summed E-state index contributed by atoms with van der Waals surface area (Å²) in [7, 11) is 3.23. The molecule has 4 aromatic rings. The van der Waals surface area contributed by atoms with Crippen LogP contribution in [0.15, 0.2) is 89.5 Å². The predicted octanol–water partition coefficient (Wildman–Crippen LogP) is 5.34. The van der Waals surface area contributed by atoms with Crippen molar-refractivity contribution in [1.29, 1.82) is 0 Å². The number of fused-ring (bicyclic) bond motifs is 1. The van der Waals surface area contributed by atoms with E-state index in [9.17, 15) is 9.59 Å². The first kappa shape index (κ1) is 23.2. The maximum atomic E-state index is 13.8. The van der Waals surface area contributed by atoms with E-state index in [1.807, 2.05) is 47.4 Å². The Balaban J connectivity index is 1.45. The Kier molecular flexibility index (Phi) is 6.45. The maximum absolute atomic E-state index is 13.8. The van der Waals surface area contributed by atoms with Crippen molar-refractivity contribution in [1.82, 2.24) is 4.90 Å². The Morgan fingerprint density at radius 3 is 2.31 bits per heavy atom. The van der Waals surface area contributed by atoms with Crippen LogP contribution in [0.2, 0.25) is 0 Å². The fraction of sp³-hybridized carbons (Fsp3) is 0.172. The Morgan fingerprint density at radius 2 is 1.64 bits per heavy atom. The molecule has 1 atom stereocenters. The molecule has 2 heterocycles. The normalized spacial score (nSPS) is 14.6. The van der Waals surface area contributed by atoms with Gasteiger partial charge in [0.25, 0.3) is 11.8 Å². The van der Waals surface area contributed by atoms with E-state index in [1.54, 1.807) is 50.6 Å². The predicted molar refractivity (Wildman–Crippen MR) is 136 cm³/mol. The van der Waals surface area contributed by atoms with Gasteiger partial charge in [-0.25, -0.2) is 0 Å². The van der Waals surface area contributed by atoms with E-state index in [2.05, 4.69) is 5.32 Å². The van der Waals surface area contributed by atoms with Gasteiger partial charge in [0.05, 0.1) is 26.5 Å². The molecule has 1 unspecified atom stereocenters. The zero-order chi connectivity index (χ0) is 25.1. The van der Waals surface area contributed by atoms with Gasteiger partial charge in [0.15, 0.2) is 17.3 Å². The number of carbonyl (C=O) groups excluding carboxylic acids is 2. The number of nitrogens with zero attached hydrogens (tertiary/aromatic N) is 1. The highest BCUT2D eigenvalue weighted by Gasteiger charge is 2.33. The minimum absolute atomic E-state index is 0.0896. The number of hydrogen-bond donors (Lipinski definition) is 1. The number of rotatable bonds is 6. The summed E-state index contributed by atoms with van der Waals surface area (Å²) in [6, 6.07) is 23.8.